The van der Waals surface area contributed by atoms with Crippen LogP contribution in [0.25, 0.3) is 0 Å². The minimum Gasteiger partial charge on any atom is -0.383 e. The Hall–Kier alpha value is -0.310. The standard InChI is InChI=1S/C10H21N5OS2/c1-3-17-8-9-18-10-12-13-14-15(10)6-4-11-5-7-16-2/h11H,3-9H2,1-2H3. The van der Waals surface area contributed by atoms with Gasteiger partial charge in [-0.3, -0.25) is 0 Å². The van der Waals surface area contributed by atoms with Crippen molar-refractivity contribution in [3.8, 4) is 0 Å². The van der Waals surface area contributed by atoms with Gasteiger partial charge in [-0.25, -0.2) is 4.68 Å². The zero-order chi connectivity index (χ0) is 13.1. The molecule has 0 radical (unpaired) electrons. The monoisotopic (exact) mass is 291 g/mol. The van der Waals surface area contributed by atoms with E-state index < -0.39 is 0 Å². The summed E-state index contributed by atoms with van der Waals surface area (Å²) in [5.41, 5.74) is 0. The van der Waals surface area contributed by atoms with Crippen LogP contribution < -0.4 is 5.32 Å². The van der Waals surface area contributed by atoms with E-state index in [1.807, 2.05) is 16.4 Å². The summed E-state index contributed by atoms with van der Waals surface area (Å²) in [5, 5.41) is 15.9. The lowest BCUT2D eigenvalue weighted by atomic mass is 10.6. The average molecular weight is 291 g/mol. The summed E-state index contributed by atoms with van der Waals surface area (Å²) in [6.45, 7) is 5.40. The molecule has 1 aromatic heterocycles. The van der Waals surface area contributed by atoms with Crippen molar-refractivity contribution in [1.29, 1.82) is 0 Å². The van der Waals surface area contributed by atoms with Crippen molar-refractivity contribution in [3.05, 3.63) is 0 Å². The zero-order valence-electron chi connectivity index (χ0n) is 11.0. The molecule has 0 unspecified atom stereocenters. The lowest BCUT2D eigenvalue weighted by molar-refractivity contribution is 0.199. The molecule has 0 amide bonds. The first-order valence-electron chi connectivity index (χ1n) is 6.04. The maximum Gasteiger partial charge on any atom is 0.209 e. The molecule has 0 aliphatic heterocycles. The number of tetrazole rings is 1. The van der Waals surface area contributed by atoms with Crippen LogP contribution in [0, 0.1) is 0 Å². The van der Waals surface area contributed by atoms with Crippen LogP contribution >= 0.6 is 23.5 Å². The van der Waals surface area contributed by atoms with E-state index in [9.17, 15) is 0 Å². The highest BCUT2D eigenvalue weighted by molar-refractivity contribution is 8.02. The summed E-state index contributed by atoms with van der Waals surface area (Å²) in [6, 6.07) is 0. The number of hydrogen-bond acceptors (Lipinski definition) is 7. The van der Waals surface area contributed by atoms with Gasteiger partial charge in [0, 0.05) is 31.7 Å². The molecule has 1 heterocycles. The minimum atomic E-state index is 0.728. The molecular formula is C10H21N5OS2. The van der Waals surface area contributed by atoms with Gasteiger partial charge in [0.2, 0.25) is 5.16 Å². The molecule has 8 heteroatoms. The van der Waals surface area contributed by atoms with Crippen LogP contribution in [0.15, 0.2) is 5.16 Å². The Bertz CT molecular complexity index is 310. The Morgan fingerprint density at radius 1 is 1.33 bits per heavy atom. The van der Waals surface area contributed by atoms with Crippen LogP contribution in [-0.4, -0.2) is 64.3 Å². The summed E-state index contributed by atoms with van der Waals surface area (Å²) in [4.78, 5) is 0. The van der Waals surface area contributed by atoms with Crippen LogP contribution in [0.5, 0.6) is 0 Å². The summed E-state index contributed by atoms with van der Waals surface area (Å²) < 4.78 is 6.81. The molecule has 0 saturated carbocycles. The summed E-state index contributed by atoms with van der Waals surface area (Å²) in [6.07, 6.45) is 0. The van der Waals surface area contributed by atoms with Crippen molar-refractivity contribution in [2.75, 3.05) is 44.1 Å². The normalized spacial score (nSPS) is 11.0. The second-order valence-electron chi connectivity index (χ2n) is 3.47. The lowest BCUT2D eigenvalue weighted by Crippen LogP contribution is -2.24. The molecule has 6 nitrogen and oxygen atoms in total. The van der Waals surface area contributed by atoms with Crippen molar-refractivity contribution in [2.24, 2.45) is 0 Å². The Labute approximate surface area is 117 Å². The third-order valence-corrected chi connectivity index (χ3v) is 4.26. The smallest absolute Gasteiger partial charge is 0.209 e. The van der Waals surface area contributed by atoms with Crippen LogP contribution in [0.4, 0.5) is 0 Å². The van der Waals surface area contributed by atoms with E-state index in [-0.39, 0.29) is 0 Å². The second-order valence-corrected chi connectivity index (χ2v) is 5.93. The van der Waals surface area contributed by atoms with Crippen molar-refractivity contribution in [2.45, 2.75) is 18.6 Å². The number of rotatable bonds is 11. The van der Waals surface area contributed by atoms with E-state index in [1.54, 1.807) is 18.9 Å². The number of ether oxygens (including phenoxy) is 1. The first kappa shape index (κ1) is 15.7. The maximum absolute atomic E-state index is 4.96. The van der Waals surface area contributed by atoms with Crippen molar-refractivity contribution in [3.63, 3.8) is 0 Å². The molecule has 1 N–H and O–H groups in total. The fourth-order valence-electron chi connectivity index (χ4n) is 1.26. The van der Waals surface area contributed by atoms with E-state index in [0.29, 0.717) is 0 Å². The van der Waals surface area contributed by atoms with Gasteiger partial charge in [-0.1, -0.05) is 18.7 Å². The molecular weight excluding hydrogens is 270 g/mol. The number of nitrogens with zero attached hydrogens (tertiary/aromatic N) is 4. The first-order valence-corrected chi connectivity index (χ1v) is 8.19. The highest BCUT2D eigenvalue weighted by Crippen LogP contribution is 2.15. The molecule has 0 aromatic carbocycles. The lowest BCUT2D eigenvalue weighted by Gasteiger charge is -2.05. The van der Waals surface area contributed by atoms with Crippen LogP contribution in [0.2, 0.25) is 0 Å². The van der Waals surface area contributed by atoms with E-state index >= 15 is 0 Å². The van der Waals surface area contributed by atoms with E-state index in [2.05, 4.69) is 27.8 Å². The molecule has 18 heavy (non-hydrogen) atoms. The first-order chi connectivity index (χ1) is 8.88. The molecule has 1 rings (SSSR count). The average Bonchev–Trinajstić information content (AvgIpc) is 2.82. The Morgan fingerprint density at radius 2 is 2.22 bits per heavy atom. The predicted molar refractivity (Wildman–Crippen MR) is 76.3 cm³/mol. The largest absolute Gasteiger partial charge is 0.383 e. The van der Waals surface area contributed by atoms with Gasteiger partial charge < -0.3 is 10.1 Å². The molecule has 0 spiro atoms. The fourth-order valence-corrected chi connectivity index (χ4v) is 2.91. The highest BCUT2D eigenvalue weighted by Gasteiger charge is 2.05. The summed E-state index contributed by atoms with van der Waals surface area (Å²) in [7, 11) is 1.70. The van der Waals surface area contributed by atoms with E-state index in [0.717, 1.165) is 48.7 Å². The number of nitrogens with one attached hydrogen (secondary N) is 1. The molecule has 1 aromatic rings. The van der Waals surface area contributed by atoms with Gasteiger partial charge in [-0.05, 0) is 16.2 Å². The topological polar surface area (TPSA) is 64.9 Å². The molecule has 0 bridgehead atoms. The van der Waals surface area contributed by atoms with Crippen molar-refractivity contribution >= 4 is 23.5 Å². The van der Waals surface area contributed by atoms with Crippen LogP contribution in [0.1, 0.15) is 6.92 Å². The van der Waals surface area contributed by atoms with Gasteiger partial charge >= 0.3 is 0 Å². The molecule has 104 valence electrons. The SMILES string of the molecule is CCSCCSc1nnnn1CCNCCOC. The number of aromatic nitrogens is 4. The Balaban J connectivity index is 2.18. The van der Waals surface area contributed by atoms with Gasteiger partial charge in [0.15, 0.2) is 0 Å². The van der Waals surface area contributed by atoms with Gasteiger partial charge in [0.1, 0.15) is 0 Å². The number of methoxy groups -OCH3 is 1. The van der Waals surface area contributed by atoms with Crippen LogP contribution in [0.3, 0.4) is 0 Å². The molecule has 0 aliphatic rings. The Morgan fingerprint density at radius 3 is 3.00 bits per heavy atom. The van der Waals surface area contributed by atoms with Crippen molar-refractivity contribution < 1.29 is 4.74 Å². The number of thioether (sulfide) groups is 2. The predicted octanol–water partition coefficient (Wildman–Crippen LogP) is 0.754. The fraction of sp³-hybridized carbons (Fsp3) is 0.900. The number of hydrogen-bond donors (Lipinski definition) is 1. The highest BCUT2D eigenvalue weighted by atomic mass is 32.2. The molecule has 0 atom stereocenters. The summed E-state index contributed by atoms with van der Waals surface area (Å²) in [5.74, 6) is 3.35. The second kappa shape index (κ2) is 10.6. The summed E-state index contributed by atoms with van der Waals surface area (Å²) >= 11 is 3.65. The van der Waals surface area contributed by atoms with E-state index in [4.69, 9.17) is 4.74 Å². The van der Waals surface area contributed by atoms with Gasteiger partial charge in [-0.2, -0.15) is 11.8 Å². The van der Waals surface area contributed by atoms with Crippen molar-refractivity contribution in [1.82, 2.24) is 25.5 Å². The maximum atomic E-state index is 4.96. The minimum absolute atomic E-state index is 0.728. The third-order valence-electron chi connectivity index (χ3n) is 2.15. The Kier molecular flexibility index (Phi) is 9.27. The zero-order valence-corrected chi connectivity index (χ0v) is 12.6. The van der Waals surface area contributed by atoms with E-state index in [1.165, 1.54) is 0 Å². The molecule has 0 fully saturated rings. The molecule has 0 aliphatic carbocycles. The molecule has 0 saturated heterocycles. The quantitative estimate of drug-likeness (QED) is 0.477. The third kappa shape index (κ3) is 6.58. The van der Waals surface area contributed by atoms with Gasteiger partial charge in [0.25, 0.3) is 0 Å². The van der Waals surface area contributed by atoms with Gasteiger partial charge in [0.05, 0.1) is 13.2 Å². The van der Waals surface area contributed by atoms with Crippen LogP contribution in [-0.2, 0) is 11.3 Å². The van der Waals surface area contributed by atoms with Gasteiger partial charge in [-0.15, -0.1) is 5.10 Å².